The van der Waals surface area contributed by atoms with Crippen LogP contribution in [0.5, 0.6) is 5.95 Å². The van der Waals surface area contributed by atoms with Crippen LogP contribution in [0.1, 0.15) is 49.9 Å². The van der Waals surface area contributed by atoms with E-state index in [1.807, 2.05) is 0 Å². The minimum absolute atomic E-state index is 0.0529. The van der Waals surface area contributed by atoms with Gasteiger partial charge in [-0.15, -0.1) is 0 Å². The van der Waals surface area contributed by atoms with Crippen LogP contribution in [-0.4, -0.2) is 62.4 Å². The van der Waals surface area contributed by atoms with Crippen LogP contribution in [0.2, 0.25) is 0 Å². The second-order valence-corrected chi connectivity index (χ2v) is 9.12. The first kappa shape index (κ1) is 26.8. The van der Waals surface area contributed by atoms with Crippen LogP contribution in [0.15, 0.2) is 69.9 Å². The van der Waals surface area contributed by atoms with Crippen molar-refractivity contribution in [3.05, 3.63) is 93.5 Å². The Hall–Kier alpha value is -4.81. The van der Waals surface area contributed by atoms with Crippen LogP contribution < -0.4 is 5.69 Å². The number of aliphatic hydroxyl groups excluding tert-OH is 1. The smallest absolute Gasteiger partial charge is 0.353 e. The first-order valence-electron chi connectivity index (χ1n) is 12.2. The summed E-state index contributed by atoms with van der Waals surface area (Å²) in [6, 6.07) is 16.2. The number of nitrogens with zero attached hydrogens (tertiary/aromatic N) is 2. The molecule has 0 spiro atoms. The number of rotatable bonds is 7. The number of aromatic nitrogens is 2. The van der Waals surface area contributed by atoms with Gasteiger partial charge in [-0.25, -0.2) is 14.4 Å². The molecule has 2 aromatic heterocycles. The summed E-state index contributed by atoms with van der Waals surface area (Å²) in [5.41, 5.74) is -0.810. The molecule has 1 aliphatic heterocycles. The molecule has 1 unspecified atom stereocenters. The predicted molar refractivity (Wildman–Crippen MR) is 137 cm³/mol. The van der Waals surface area contributed by atoms with Gasteiger partial charge in [-0.05, 0) is 38.1 Å². The number of ketones is 1. The quantitative estimate of drug-likeness (QED) is 0.257. The number of hydrogen-bond acceptors (Lipinski definition) is 11. The first-order valence-corrected chi connectivity index (χ1v) is 12.2. The largest absolute Gasteiger partial charge is 0.480 e. The number of aryl methyl sites for hydroxylation is 1. The molecule has 12 heteroatoms. The highest BCUT2D eigenvalue weighted by molar-refractivity contribution is 6.08. The zero-order valence-corrected chi connectivity index (χ0v) is 21.3. The number of aliphatic hydroxyl groups is 1. The average molecular weight is 549 g/mol. The molecule has 0 radical (unpaired) electrons. The van der Waals surface area contributed by atoms with E-state index in [1.54, 1.807) is 48.5 Å². The molecule has 4 atom stereocenters. The van der Waals surface area contributed by atoms with Gasteiger partial charge in [0.15, 0.2) is 18.1 Å². The molecule has 2 aromatic carbocycles. The Labute approximate surface area is 226 Å². The highest BCUT2D eigenvalue weighted by atomic mass is 16.6. The molecule has 2 N–H and O–H groups in total. The van der Waals surface area contributed by atoms with Gasteiger partial charge in [-0.1, -0.05) is 36.4 Å². The number of hydrogen-bond donors (Lipinski definition) is 2. The number of Topliss-reactive ketones (excluding diaryl/α,β-unsaturated/α-hetero) is 1. The summed E-state index contributed by atoms with van der Waals surface area (Å²) in [6.45, 7) is 2.23. The molecular weight excluding hydrogens is 524 g/mol. The SMILES string of the molecule is CC(=O)c1c(O)oc2nc(=O)n(C3O[C@H](COC(=O)c4ccccc4)[C@H](OC(=O)c4ccccc4)[C@H]3O)c(C)c12. The number of ether oxygens (including phenoxy) is 3. The fourth-order valence-corrected chi connectivity index (χ4v) is 4.65. The lowest BCUT2D eigenvalue weighted by molar-refractivity contribution is -0.0619. The molecule has 40 heavy (non-hydrogen) atoms. The maximum absolute atomic E-state index is 13.0. The van der Waals surface area contributed by atoms with E-state index in [1.165, 1.54) is 26.0 Å². The molecule has 0 saturated carbocycles. The summed E-state index contributed by atoms with van der Waals surface area (Å²) in [4.78, 5) is 54.4. The number of carbonyl (C=O) groups is 3. The summed E-state index contributed by atoms with van der Waals surface area (Å²) in [5.74, 6) is -2.70. The Kier molecular flexibility index (Phi) is 7.20. The summed E-state index contributed by atoms with van der Waals surface area (Å²) in [5, 5.41) is 21.4. The Morgan fingerprint density at radius 2 is 1.60 bits per heavy atom. The van der Waals surface area contributed by atoms with Crippen LogP contribution in [0.4, 0.5) is 0 Å². The summed E-state index contributed by atoms with van der Waals surface area (Å²) >= 11 is 0. The van der Waals surface area contributed by atoms with Gasteiger partial charge in [0.2, 0.25) is 5.71 Å². The molecule has 4 aromatic rings. The summed E-state index contributed by atoms with van der Waals surface area (Å²) < 4.78 is 23.0. The van der Waals surface area contributed by atoms with E-state index in [0.717, 1.165) is 4.57 Å². The molecule has 206 valence electrons. The third-order valence-electron chi connectivity index (χ3n) is 6.55. The monoisotopic (exact) mass is 548 g/mol. The van der Waals surface area contributed by atoms with Gasteiger partial charge in [-0.2, -0.15) is 4.98 Å². The molecule has 1 aliphatic rings. The maximum Gasteiger partial charge on any atom is 0.353 e. The third-order valence-corrected chi connectivity index (χ3v) is 6.55. The molecule has 0 amide bonds. The zero-order chi connectivity index (χ0) is 28.6. The van der Waals surface area contributed by atoms with Crippen molar-refractivity contribution in [2.45, 2.75) is 38.4 Å². The van der Waals surface area contributed by atoms with Gasteiger partial charge < -0.3 is 28.8 Å². The maximum atomic E-state index is 13.0. The second kappa shape index (κ2) is 10.8. The second-order valence-electron chi connectivity index (χ2n) is 9.12. The van der Waals surface area contributed by atoms with E-state index < -0.39 is 60.5 Å². The molecule has 0 bridgehead atoms. The van der Waals surface area contributed by atoms with Gasteiger partial charge in [0, 0.05) is 5.69 Å². The fourth-order valence-electron chi connectivity index (χ4n) is 4.65. The number of furan rings is 1. The molecule has 1 fully saturated rings. The van der Waals surface area contributed by atoms with Crippen molar-refractivity contribution in [3.8, 4) is 5.95 Å². The molecule has 5 rings (SSSR count). The Balaban J connectivity index is 1.50. The molecular formula is C28H24N2O10. The van der Waals surface area contributed by atoms with Gasteiger partial charge >= 0.3 is 17.6 Å². The zero-order valence-electron chi connectivity index (χ0n) is 21.3. The normalized spacial score (nSPS) is 20.4. The summed E-state index contributed by atoms with van der Waals surface area (Å²) in [7, 11) is 0. The number of aromatic hydroxyl groups is 1. The van der Waals surface area contributed by atoms with Crippen molar-refractivity contribution in [1.82, 2.24) is 9.55 Å². The van der Waals surface area contributed by atoms with Gasteiger partial charge in [0.1, 0.15) is 24.4 Å². The minimum atomic E-state index is -1.62. The fraction of sp³-hybridized carbons (Fsp3) is 0.250. The lowest BCUT2D eigenvalue weighted by Gasteiger charge is -2.21. The first-order chi connectivity index (χ1) is 19.2. The van der Waals surface area contributed by atoms with E-state index >= 15 is 0 Å². The highest BCUT2D eigenvalue weighted by Crippen LogP contribution is 2.36. The number of carbonyl (C=O) groups excluding carboxylic acids is 3. The third kappa shape index (κ3) is 4.85. The highest BCUT2D eigenvalue weighted by Gasteiger charge is 2.49. The topological polar surface area (TPSA) is 167 Å². The average Bonchev–Trinajstić information content (AvgIpc) is 3.44. The Morgan fingerprint density at radius 3 is 2.20 bits per heavy atom. The van der Waals surface area contributed by atoms with E-state index in [2.05, 4.69) is 4.98 Å². The Bertz CT molecular complexity index is 1640. The molecule has 1 saturated heterocycles. The van der Waals surface area contributed by atoms with Crippen LogP contribution in [0, 0.1) is 6.92 Å². The van der Waals surface area contributed by atoms with Gasteiger partial charge in [0.05, 0.1) is 16.5 Å². The van der Waals surface area contributed by atoms with E-state index in [0.29, 0.717) is 0 Å². The van der Waals surface area contributed by atoms with Crippen LogP contribution in [0.3, 0.4) is 0 Å². The number of benzene rings is 2. The van der Waals surface area contributed by atoms with E-state index in [-0.39, 0.29) is 33.5 Å². The van der Waals surface area contributed by atoms with Crippen molar-refractivity contribution < 1.29 is 43.2 Å². The molecule has 12 nitrogen and oxygen atoms in total. The van der Waals surface area contributed by atoms with Crippen molar-refractivity contribution in [1.29, 1.82) is 0 Å². The lowest BCUT2D eigenvalue weighted by Crippen LogP contribution is -2.40. The van der Waals surface area contributed by atoms with Gasteiger partial charge in [0.25, 0.3) is 5.95 Å². The van der Waals surface area contributed by atoms with Crippen LogP contribution in [-0.2, 0) is 14.2 Å². The summed E-state index contributed by atoms with van der Waals surface area (Å²) in [6.07, 6.45) is -5.64. The predicted octanol–water partition coefficient (Wildman–Crippen LogP) is 2.55. The van der Waals surface area contributed by atoms with Crippen molar-refractivity contribution >= 4 is 28.8 Å². The number of esters is 2. The number of fused-ring (bicyclic) bond motifs is 1. The standard InChI is InChI=1S/C28H24N2O10/c1-14-19-20(15(2)31)27(35)40-23(19)29-28(36)30(14)24-21(32)22(39-26(34)17-11-7-4-8-12-17)18(38-24)13-37-25(33)16-9-5-3-6-10-16/h3-12,18,21-22,24,32,35H,13H2,1-2H3/t18-,21-,22+,24?/m1/s1. The molecule has 0 aliphatic carbocycles. The minimum Gasteiger partial charge on any atom is -0.480 e. The molecule has 3 heterocycles. The Morgan fingerprint density at radius 1 is 1.00 bits per heavy atom. The van der Waals surface area contributed by atoms with E-state index in [9.17, 15) is 29.4 Å². The van der Waals surface area contributed by atoms with Crippen molar-refractivity contribution in [3.63, 3.8) is 0 Å². The van der Waals surface area contributed by atoms with Crippen molar-refractivity contribution in [2.75, 3.05) is 6.61 Å². The van der Waals surface area contributed by atoms with Crippen LogP contribution in [0.25, 0.3) is 11.1 Å². The van der Waals surface area contributed by atoms with Crippen LogP contribution >= 0.6 is 0 Å². The van der Waals surface area contributed by atoms with E-state index in [4.69, 9.17) is 18.6 Å². The van der Waals surface area contributed by atoms with Crippen molar-refractivity contribution in [2.24, 2.45) is 0 Å². The van der Waals surface area contributed by atoms with Gasteiger partial charge in [-0.3, -0.25) is 9.36 Å². The lowest BCUT2D eigenvalue weighted by atomic mass is 10.1.